The molecule has 17 heavy (non-hydrogen) atoms. The Kier molecular flexibility index (Phi) is 6.65. The van der Waals surface area contributed by atoms with Crippen LogP contribution in [-0.2, 0) is 0 Å². The SMILES string of the molecule is Br.CN1CCCN(C2=NC(N(C)C)SS2)CC1. The topological polar surface area (TPSA) is 22.1 Å². The number of halogens is 1. The summed E-state index contributed by atoms with van der Waals surface area (Å²) in [6.07, 6.45) is 1.24. The van der Waals surface area contributed by atoms with Gasteiger partial charge < -0.3 is 9.80 Å². The second-order valence-electron chi connectivity index (χ2n) is 4.53. The van der Waals surface area contributed by atoms with E-state index < -0.39 is 0 Å². The molecule has 0 aromatic carbocycles. The van der Waals surface area contributed by atoms with Crippen LogP contribution >= 0.6 is 38.6 Å². The van der Waals surface area contributed by atoms with Gasteiger partial charge in [0.05, 0.1) is 0 Å². The molecule has 0 spiro atoms. The number of aliphatic imine (C=N–C) groups is 1. The van der Waals surface area contributed by atoms with Crippen LogP contribution in [0.3, 0.4) is 0 Å². The van der Waals surface area contributed by atoms with E-state index in [0.29, 0.717) is 5.50 Å². The van der Waals surface area contributed by atoms with Gasteiger partial charge in [-0.3, -0.25) is 4.90 Å². The van der Waals surface area contributed by atoms with Crippen LogP contribution in [0.15, 0.2) is 4.99 Å². The average molecular weight is 341 g/mol. The van der Waals surface area contributed by atoms with Crippen molar-refractivity contribution in [2.75, 3.05) is 47.3 Å². The van der Waals surface area contributed by atoms with E-state index in [9.17, 15) is 0 Å². The maximum absolute atomic E-state index is 4.75. The minimum Gasteiger partial charge on any atom is -0.349 e. The first-order valence-electron chi connectivity index (χ1n) is 5.68. The Morgan fingerprint density at radius 3 is 2.65 bits per heavy atom. The summed E-state index contributed by atoms with van der Waals surface area (Å²) < 4.78 is 0. The van der Waals surface area contributed by atoms with Gasteiger partial charge in [0.1, 0.15) is 0 Å². The summed E-state index contributed by atoms with van der Waals surface area (Å²) in [5.41, 5.74) is 0.293. The molecule has 0 aliphatic carbocycles. The monoisotopic (exact) mass is 340 g/mol. The molecule has 0 N–H and O–H groups in total. The standard InChI is InChI=1S/C10H20N4S2.BrH/c1-12(2)9-11-10(16-15-9)14-6-4-5-13(3)7-8-14;/h9H,4-8H2,1-3H3;1H. The summed E-state index contributed by atoms with van der Waals surface area (Å²) in [4.78, 5) is 11.7. The van der Waals surface area contributed by atoms with Crippen LogP contribution in [0.25, 0.3) is 0 Å². The van der Waals surface area contributed by atoms with E-state index in [1.807, 2.05) is 21.6 Å². The second-order valence-corrected chi connectivity index (χ2v) is 6.75. The third kappa shape index (κ3) is 4.31. The first-order chi connectivity index (χ1) is 7.66. The summed E-state index contributed by atoms with van der Waals surface area (Å²) >= 11 is 0. The fourth-order valence-corrected chi connectivity index (χ4v) is 4.39. The number of hydrogen-bond donors (Lipinski definition) is 0. The van der Waals surface area contributed by atoms with E-state index in [0.717, 1.165) is 19.6 Å². The van der Waals surface area contributed by atoms with Crippen LogP contribution in [0.4, 0.5) is 0 Å². The molecule has 2 heterocycles. The summed E-state index contributed by atoms with van der Waals surface area (Å²) in [6.45, 7) is 4.62. The van der Waals surface area contributed by atoms with Crippen molar-refractivity contribution in [1.82, 2.24) is 14.7 Å². The van der Waals surface area contributed by atoms with Crippen molar-refractivity contribution in [1.29, 1.82) is 0 Å². The average Bonchev–Trinajstić information content (AvgIpc) is 2.63. The predicted octanol–water partition coefficient (Wildman–Crippen LogP) is 1.80. The van der Waals surface area contributed by atoms with Gasteiger partial charge in [0, 0.05) is 19.6 Å². The first-order valence-corrected chi connectivity index (χ1v) is 7.89. The Morgan fingerprint density at radius 2 is 2.00 bits per heavy atom. The molecule has 0 bridgehead atoms. The molecule has 4 nitrogen and oxygen atoms in total. The second kappa shape index (κ2) is 7.23. The molecule has 2 rings (SSSR count). The lowest BCUT2D eigenvalue weighted by molar-refractivity contribution is 0.346. The largest absolute Gasteiger partial charge is 0.349 e. The third-order valence-electron chi connectivity index (χ3n) is 2.86. The molecule has 1 saturated heterocycles. The molecule has 0 aromatic rings. The highest BCUT2D eigenvalue weighted by Gasteiger charge is 2.25. The summed E-state index contributed by atoms with van der Waals surface area (Å²) in [5, 5.41) is 1.22. The lowest BCUT2D eigenvalue weighted by Gasteiger charge is -2.20. The van der Waals surface area contributed by atoms with E-state index in [-0.39, 0.29) is 17.0 Å². The Morgan fingerprint density at radius 1 is 1.24 bits per heavy atom. The minimum atomic E-state index is 0. The van der Waals surface area contributed by atoms with Crippen LogP contribution in [0.5, 0.6) is 0 Å². The molecule has 1 fully saturated rings. The van der Waals surface area contributed by atoms with Gasteiger partial charge in [-0.1, -0.05) is 0 Å². The predicted molar refractivity (Wildman–Crippen MR) is 84.1 cm³/mol. The summed E-state index contributed by atoms with van der Waals surface area (Å²) in [6, 6.07) is 0. The van der Waals surface area contributed by atoms with Crippen molar-refractivity contribution in [3.05, 3.63) is 0 Å². The molecule has 2 aliphatic rings. The lowest BCUT2D eigenvalue weighted by atomic mass is 10.4. The van der Waals surface area contributed by atoms with Gasteiger partial charge in [-0.2, -0.15) is 0 Å². The molecule has 0 aromatic heterocycles. The zero-order valence-electron chi connectivity index (χ0n) is 10.6. The molecule has 7 heteroatoms. The van der Waals surface area contributed by atoms with Crippen LogP contribution in [0.2, 0.25) is 0 Å². The van der Waals surface area contributed by atoms with Gasteiger partial charge in [0.15, 0.2) is 10.7 Å². The highest BCUT2D eigenvalue weighted by Crippen LogP contribution is 2.38. The normalized spacial score (nSPS) is 26.7. The van der Waals surface area contributed by atoms with Crippen molar-refractivity contribution in [3.8, 4) is 0 Å². The maximum atomic E-state index is 4.75. The Balaban J connectivity index is 0.00000144. The number of hydrogen-bond acceptors (Lipinski definition) is 6. The van der Waals surface area contributed by atoms with Crippen molar-refractivity contribution < 1.29 is 0 Å². The van der Waals surface area contributed by atoms with E-state index in [1.54, 1.807) is 0 Å². The molecular weight excluding hydrogens is 320 g/mol. The van der Waals surface area contributed by atoms with Crippen molar-refractivity contribution in [2.24, 2.45) is 4.99 Å². The molecule has 1 atom stereocenters. The van der Waals surface area contributed by atoms with Gasteiger partial charge in [-0.15, -0.1) is 17.0 Å². The Bertz CT molecular complexity index is 275. The summed E-state index contributed by atoms with van der Waals surface area (Å²) in [5.74, 6) is 0. The Labute approximate surface area is 122 Å². The smallest absolute Gasteiger partial charge is 0.172 e. The molecular formula is C10H21BrN4S2. The molecule has 1 unspecified atom stereocenters. The van der Waals surface area contributed by atoms with Gasteiger partial charge in [0.25, 0.3) is 0 Å². The van der Waals surface area contributed by atoms with Gasteiger partial charge in [0.2, 0.25) is 0 Å². The van der Waals surface area contributed by atoms with Gasteiger partial charge in [-0.25, -0.2) is 4.99 Å². The van der Waals surface area contributed by atoms with E-state index >= 15 is 0 Å². The minimum absolute atomic E-state index is 0. The molecule has 2 aliphatic heterocycles. The zero-order chi connectivity index (χ0) is 11.5. The van der Waals surface area contributed by atoms with Crippen LogP contribution < -0.4 is 0 Å². The van der Waals surface area contributed by atoms with Crippen molar-refractivity contribution in [3.63, 3.8) is 0 Å². The molecule has 100 valence electrons. The summed E-state index contributed by atoms with van der Waals surface area (Å²) in [7, 11) is 10.0. The quantitative estimate of drug-likeness (QED) is 0.677. The van der Waals surface area contributed by atoms with E-state index in [1.165, 1.54) is 18.1 Å². The molecule has 0 saturated carbocycles. The fourth-order valence-electron chi connectivity index (χ4n) is 1.80. The third-order valence-corrected chi connectivity index (χ3v) is 5.42. The first kappa shape index (κ1) is 15.6. The number of likely N-dealkylation sites (N-methyl/N-ethyl adjacent to an activating group) is 1. The van der Waals surface area contributed by atoms with Crippen LogP contribution in [-0.4, -0.2) is 72.7 Å². The molecule has 0 amide bonds. The van der Waals surface area contributed by atoms with E-state index in [4.69, 9.17) is 4.99 Å². The van der Waals surface area contributed by atoms with Crippen molar-refractivity contribution >= 4 is 43.7 Å². The van der Waals surface area contributed by atoms with Gasteiger partial charge in [-0.05, 0) is 55.7 Å². The zero-order valence-corrected chi connectivity index (χ0v) is 14.0. The molecule has 0 radical (unpaired) electrons. The van der Waals surface area contributed by atoms with Gasteiger partial charge >= 0.3 is 0 Å². The van der Waals surface area contributed by atoms with Crippen LogP contribution in [0, 0.1) is 0 Å². The van der Waals surface area contributed by atoms with E-state index in [2.05, 4.69) is 35.8 Å². The maximum Gasteiger partial charge on any atom is 0.172 e. The highest BCUT2D eigenvalue weighted by molar-refractivity contribution is 8.93. The number of nitrogens with zero attached hydrogens (tertiary/aromatic N) is 4. The number of rotatable bonds is 1. The lowest BCUT2D eigenvalue weighted by Crippen LogP contribution is -2.32. The van der Waals surface area contributed by atoms with Crippen molar-refractivity contribution in [2.45, 2.75) is 11.9 Å². The highest BCUT2D eigenvalue weighted by atomic mass is 79.9. The fraction of sp³-hybridized carbons (Fsp3) is 0.900. The number of amidine groups is 1. The van der Waals surface area contributed by atoms with Crippen LogP contribution in [0.1, 0.15) is 6.42 Å². The Hall–Kier alpha value is 0.570.